The van der Waals surface area contributed by atoms with Crippen molar-refractivity contribution in [1.29, 1.82) is 0 Å². The predicted molar refractivity (Wildman–Crippen MR) is 171 cm³/mol. The maximum absolute atomic E-state index is 12.6. The zero-order valence-corrected chi connectivity index (χ0v) is 25.5. The number of carboxylic acids is 2. The molecule has 0 aliphatic carbocycles. The molecule has 0 atom stereocenters. The van der Waals surface area contributed by atoms with Crippen LogP contribution in [-0.4, -0.2) is 81.0 Å². The Bertz CT molecular complexity index is 1540. The van der Waals surface area contributed by atoms with Gasteiger partial charge in [0.25, 0.3) is 5.69 Å². The molecular formula is C35H38N4O6. The number of hydrogen-bond acceptors (Lipinski definition) is 7. The molecule has 10 nitrogen and oxygen atoms in total. The van der Waals surface area contributed by atoms with Crippen LogP contribution in [0.1, 0.15) is 48.9 Å². The first-order chi connectivity index (χ1) is 21.7. The maximum atomic E-state index is 12.6. The Balaban J connectivity index is 1.29. The maximum Gasteiger partial charge on any atom is 0.334 e. The molecule has 45 heavy (non-hydrogen) atoms. The second-order valence-electron chi connectivity index (χ2n) is 11.5. The number of carboxylic acid groups (broad SMARTS) is 2. The summed E-state index contributed by atoms with van der Waals surface area (Å²) in [6, 6.07) is 26.8. The van der Waals surface area contributed by atoms with E-state index >= 15 is 0 Å². The Morgan fingerprint density at radius 3 is 1.82 bits per heavy atom. The standard InChI is InChI=1S/C35H38N4O6/c1-24-30(34(40)41)32(28-15-9-16-29(23-28)39(44)45)31(35(42)43)25(2)38(24)18-10-17-36-19-21-37(22-20-36)33(26-11-5-3-6-12-26)27-13-7-4-8-14-27/h3-9,11-16,23,32-33H,10,17-22H2,1-2H3,(H,40,41)(H,42,43). The van der Waals surface area contributed by atoms with Crippen molar-refractivity contribution in [2.24, 2.45) is 0 Å². The van der Waals surface area contributed by atoms with Crippen molar-refractivity contribution in [3.05, 3.63) is 134 Å². The van der Waals surface area contributed by atoms with E-state index in [4.69, 9.17) is 0 Å². The molecule has 0 spiro atoms. The van der Waals surface area contributed by atoms with Gasteiger partial charge in [0.05, 0.1) is 28.0 Å². The molecule has 234 valence electrons. The van der Waals surface area contributed by atoms with Crippen molar-refractivity contribution in [2.45, 2.75) is 32.2 Å². The van der Waals surface area contributed by atoms with Crippen LogP contribution in [-0.2, 0) is 9.59 Å². The van der Waals surface area contributed by atoms with Crippen molar-refractivity contribution < 1.29 is 24.7 Å². The summed E-state index contributed by atoms with van der Waals surface area (Å²) in [6.45, 7) is 8.16. The lowest BCUT2D eigenvalue weighted by Crippen LogP contribution is -2.48. The van der Waals surface area contributed by atoms with Crippen LogP contribution in [0.5, 0.6) is 0 Å². The van der Waals surface area contributed by atoms with Gasteiger partial charge in [0.2, 0.25) is 0 Å². The van der Waals surface area contributed by atoms with Gasteiger partial charge in [-0.2, -0.15) is 0 Å². The topological polar surface area (TPSA) is 127 Å². The van der Waals surface area contributed by atoms with Crippen molar-refractivity contribution in [2.75, 3.05) is 39.3 Å². The van der Waals surface area contributed by atoms with Crippen LogP contribution in [0.2, 0.25) is 0 Å². The van der Waals surface area contributed by atoms with E-state index in [1.54, 1.807) is 24.8 Å². The Labute approximate surface area is 262 Å². The monoisotopic (exact) mass is 610 g/mol. The lowest BCUT2D eigenvalue weighted by atomic mass is 9.79. The fourth-order valence-corrected chi connectivity index (χ4v) is 6.73. The normalized spacial score (nSPS) is 16.8. The Kier molecular flexibility index (Phi) is 9.75. The van der Waals surface area contributed by atoms with Gasteiger partial charge in [0.15, 0.2) is 0 Å². The molecule has 0 radical (unpaired) electrons. The number of benzene rings is 3. The van der Waals surface area contributed by atoms with Gasteiger partial charge < -0.3 is 20.0 Å². The number of rotatable bonds is 11. The molecule has 2 heterocycles. The fraction of sp³-hybridized carbons (Fsp3) is 0.314. The van der Waals surface area contributed by atoms with Gasteiger partial charge >= 0.3 is 11.9 Å². The number of nitro benzene ring substituents is 1. The number of nitro groups is 1. The molecule has 3 aromatic carbocycles. The summed E-state index contributed by atoms with van der Waals surface area (Å²) in [5, 5.41) is 31.9. The lowest BCUT2D eigenvalue weighted by Gasteiger charge is -2.40. The molecule has 2 aliphatic rings. The smallest absolute Gasteiger partial charge is 0.334 e. The van der Waals surface area contributed by atoms with E-state index in [2.05, 4.69) is 58.3 Å². The fourth-order valence-electron chi connectivity index (χ4n) is 6.73. The third kappa shape index (κ3) is 6.82. The van der Waals surface area contributed by atoms with Crippen molar-refractivity contribution in [3.63, 3.8) is 0 Å². The molecule has 0 unspecified atom stereocenters. The highest BCUT2D eigenvalue weighted by molar-refractivity contribution is 5.98. The van der Waals surface area contributed by atoms with Gasteiger partial charge in [0, 0.05) is 56.3 Å². The number of allylic oxidation sites excluding steroid dienone is 2. The first-order valence-corrected chi connectivity index (χ1v) is 15.1. The third-order valence-corrected chi connectivity index (χ3v) is 8.90. The number of aliphatic carboxylic acids is 2. The van der Waals surface area contributed by atoms with Crippen LogP contribution in [0, 0.1) is 10.1 Å². The van der Waals surface area contributed by atoms with E-state index in [1.807, 2.05) is 12.1 Å². The van der Waals surface area contributed by atoms with Gasteiger partial charge in [-0.05, 0) is 43.5 Å². The van der Waals surface area contributed by atoms with Crippen LogP contribution >= 0.6 is 0 Å². The molecule has 3 aromatic rings. The molecule has 1 saturated heterocycles. The number of piperazine rings is 1. The van der Waals surface area contributed by atoms with E-state index in [-0.39, 0.29) is 28.4 Å². The number of nitrogens with zero attached hydrogens (tertiary/aromatic N) is 4. The van der Waals surface area contributed by atoms with Crippen molar-refractivity contribution in [1.82, 2.24) is 14.7 Å². The minimum absolute atomic E-state index is 0.0834. The number of non-ortho nitro benzene ring substituents is 1. The van der Waals surface area contributed by atoms with Gasteiger partial charge in [-0.3, -0.25) is 15.0 Å². The number of carbonyl (C=O) groups is 2. The molecule has 0 amide bonds. The summed E-state index contributed by atoms with van der Waals surface area (Å²) >= 11 is 0. The first-order valence-electron chi connectivity index (χ1n) is 15.1. The van der Waals surface area contributed by atoms with E-state index in [1.165, 1.54) is 29.3 Å². The quantitative estimate of drug-likeness (QED) is 0.213. The summed E-state index contributed by atoms with van der Waals surface area (Å²) in [5.41, 5.74) is 3.29. The second kappa shape index (κ2) is 13.9. The minimum atomic E-state index is -1.25. The van der Waals surface area contributed by atoms with Crippen LogP contribution in [0.25, 0.3) is 0 Å². The van der Waals surface area contributed by atoms with Gasteiger partial charge in [-0.15, -0.1) is 0 Å². The summed E-state index contributed by atoms with van der Waals surface area (Å²) < 4.78 is 0. The van der Waals surface area contributed by atoms with Crippen LogP contribution < -0.4 is 0 Å². The summed E-state index contributed by atoms with van der Waals surface area (Å²) in [4.78, 5) is 42.6. The predicted octanol–water partition coefficient (Wildman–Crippen LogP) is 5.51. The van der Waals surface area contributed by atoms with Crippen molar-refractivity contribution >= 4 is 17.6 Å². The van der Waals surface area contributed by atoms with E-state index in [0.29, 0.717) is 24.4 Å². The third-order valence-electron chi connectivity index (χ3n) is 8.90. The minimum Gasteiger partial charge on any atom is -0.478 e. The molecule has 1 fully saturated rings. The Morgan fingerprint density at radius 2 is 1.33 bits per heavy atom. The zero-order chi connectivity index (χ0) is 32.1. The highest BCUT2D eigenvalue weighted by Gasteiger charge is 2.39. The molecular weight excluding hydrogens is 572 g/mol. The van der Waals surface area contributed by atoms with Gasteiger partial charge in [0.1, 0.15) is 0 Å². The molecule has 0 bridgehead atoms. The highest BCUT2D eigenvalue weighted by atomic mass is 16.6. The largest absolute Gasteiger partial charge is 0.478 e. The molecule has 2 N–H and O–H groups in total. The van der Waals surface area contributed by atoms with Crippen LogP contribution in [0.3, 0.4) is 0 Å². The highest BCUT2D eigenvalue weighted by Crippen LogP contribution is 2.42. The SMILES string of the molecule is CC1=C(C(=O)O)C(c2cccc([N+](=O)[O-])c2)C(C(=O)O)=C(C)N1CCCN1CCN(C(c2ccccc2)c2ccccc2)CC1. The molecule has 10 heteroatoms. The van der Waals surface area contributed by atoms with Crippen molar-refractivity contribution in [3.8, 4) is 0 Å². The van der Waals surface area contributed by atoms with Gasteiger partial charge in [-0.1, -0.05) is 72.8 Å². The summed E-state index contributed by atoms with van der Waals surface area (Å²) in [5.74, 6) is -3.63. The summed E-state index contributed by atoms with van der Waals surface area (Å²) in [6.07, 6.45) is 0.705. The van der Waals surface area contributed by atoms with E-state index in [0.717, 1.165) is 32.7 Å². The van der Waals surface area contributed by atoms with Crippen LogP contribution in [0.4, 0.5) is 5.69 Å². The summed E-state index contributed by atoms with van der Waals surface area (Å²) in [7, 11) is 0. The molecule has 0 aromatic heterocycles. The average molecular weight is 611 g/mol. The first kappa shape index (κ1) is 31.6. The Morgan fingerprint density at radius 1 is 0.800 bits per heavy atom. The van der Waals surface area contributed by atoms with Gasteiger partial charge in [-0.25, -0.2) is 9.59 Å². The van der Waals surface area contributed by atoms with E-state index < -0.39 is 22.8 Å². The zero-order valence-electron chi connectivity index (χ0n) is 25.5. The molecule has 2 aliphatic heterocycles. The lowest BCUT2D eigenvalue weighted by molar-refractivity contribution is -0.384. The number of hydrogen-bond donors (Lipinski definition) is 2. The molecule has 5 rings (SSSR count). The van der Waals surface area contributed by atoms with E-state index in [9.17, 15) is 29.9 Å². The average Bonchev–Trinajstić information content (AvgIpc) is 3.04. The Hall–Kier alpha value is -4.80. The second-order valence-corrected chi connectivity index (χ2v) is 11.5. The van der Waals surface area contributed by atoms with Crippen LogP contribution in [0.15, 0.2) is 107 Å². The molecule has 0 saturated carbocycles.